The van der Waals surface area contributed by atoms with Crippen LogP contribution in [0.1, 0.15) is 24.2 Å². The van der Waals surface area contributed by atoms with Gasteiger partial charge in [0.05, 0.1) is 31.6 Å². The van der Waals surface area contributed by atoms with Crippen molar-refractivity contribution in [1.29, 1.82) is 5.26 Å². The highest BCUT2D eigenvalue weighted by Gasteiger charge is 2.24. The number of morpholine rings is 1. The largest absolute Gasteiger partial charge is 0.392 e. The van der Waals surface area contributed by atoms with Crippen molar-refractivity contribution in [2.75, 3.05) is 26.7 Å². The molecule has 1 fully saturated rings. The fraction of sp³-hybridized carbons (Fsp3) is 0.727. The second-order valence-electron chi connectivity index (χ2n) is 4.39. The lowest BCUT2D eigenvalue weighted by Gasteiger charge is -2.27. The maximum atomic E-state index is 9.47. The Hall–Kier alpha value is -1.49. The van der Waals surface area contributed by atoms with Crippen LogP contribution >= 0.6 is 0 Å². The van der Waals surface area contributed by atoms with Gasteiger partial charge in [0, 0.05) is 13.1 Å². The number of likely N-dealkylation sites (N-methyl/N-ethyl adjacent to an activating group) is 1. The zero-order valence-corrected chi connectivity index (χ0v) is 10.2. The fourth-order valence-corrected chi connectivity index (χ4v) is 1.79. The number of rotatable bonds is 4. The van der Waals surface area contributed by atoms with Crippen molar-refractivity contribution in [3.8, 4) is 6.07 Å². The van der Waals surface area contributed by atoms with Crippen molar-refractivity contribution in [3.63, 3.8) is 0 Å². The van der Waals surface area contributed by atoms with E-state index in [0.717, 1.165) is 13.1 Å². The monoisotopic (exact) mass is 252 g/mol. The van der Waals surface area contributed by atoms with Crippen LogP contribution in [-0.4, -0.2) is 53.0 Å². The molecule has 2 atom stereocenters. The van der Waals surface area contributed by atoms with Crippen LogP contribution < -0.4 is 0 Å². The Labute approximate surface area is 105 Å². The minimum Gasteiger partial charge on any atom is -0.392 e. The Balaban J connectivity index is 1.95. The Kier molecular flexibility index (Phi) is 4.25. The quantitative estimate of drug-likeness (QED) is 0.798. The Morgan fingerprint density at radius 2 is 2.50 bits per heavy atom. The number of aliphatic hydroxyl groups excluding tert-OH is 1. The second-order valence-corrected chi connectivity index (χ2v) is 4.39. The summed E-state index contributed by atoms with van der Waals surface area (Å²) in [4.78, 5) is 6.33. The molecule has 7 heteroatoms. The van der Waals surface area contributed by atoms with Crippen molar-refractivity contribution >= 4 is 0 Å². The summed E-state index contributed by atoms with van der Waals surface area (Å²) in [5.74, 6) is 0.838. The van der Waals surface area contributed by atoms with Crippen molar-refractivity contribution in [1.82, 2.24) is 15.0 Å². The van der Waals surface area contributed by atoms with Gasteiger partial charge in [-0.25, -0.2) is 0 Å². The first-order valence-corrected chi connectivity index (χ1v) is 5.86. The highest BCUT2D eigenvalue weighted by atomic mass is 16.5. The van der Waals surface area contributed by atoms with Crippen LogP contribution in [0.3, 0.4) is 0 Å². The molecule has 2 heterocycles. The van der Waals surface area contributed by atoms with Gasteiger partial charge in [0.25, 0.3) is 0 Å². The zero-order chi connectivity index (χ0) is 13.0. The molecule has 7 nitrogen and oxygen atoms in total. The van der Waals surface area contributed by atoms with E-state index in [1.54, 1.807) is 0 Å². The molecule has 0 radical (unpaired) electrons. The van der Waals surface area contributed by atoms with E-state index in [9.17, 15) is 5.11 Å². The zero-order valence-electron chi connectivity index (χ0n) is 10.2. The number of hydrogen-bond acceptors (Lipinski definition) is 7. The average molecular weight is 252 g/mol. The van der Waals surface area contributed by atoms with Crippen LogP contribution in [0.4, 0.5) is 0 Å². The van der Waals surface area contributed by atoms with Crippen LogP contribution in [0.5, 0.6) is 0 Å². The van der Waals surface area contributed by atoms with Gasteiger partial charge in [0.15, 0.2) is 0 Å². The molecule has 1 aliphatic heterocycles. The van der Waals surface area contributed by atoms with E-state index in [2.05, 4.69) is 15.0 Å². The number of aromatic nitrogens is 2. The summed E-state index contributed by atoms with van der Waals surface area (Å²) in [7, 11) is 2.01. The topological polar surface area (TPSA) is 95.4 Å². The first-order chi connectivity index (χ1) is 8.69. The van der Waals surface area contributed by atoms with E-state index in [-0.39, 0.29) is 18.9 Å². The predicted molar refractivity (Wildman–Crippen MR) is 60.4 cm³/mol. The molecule has 1 aliphatic rings. The van der Waals surface area contributed by atoms with Crippen LogP contribution in [0.2, 0.25) is 0 Å². The molecule has 1 saturated heterocycles. The molecule has 98 valence electrons. The van der Waals surface area contributed by atoms with E-state index < -0.39 is 6.10 Å². The molecule has 0 saturated carbocycles. The van der Waals surface area contributed by atoms with Gasteiger partial charge >= 0.3 is 0 Å². The summed E-state index contributed by atoms with van der Waals surface area (Å²) in [5, 5.41) is 21.8. The second kappa shape index (κ2) is 5.91. The number of hydrogen-bond donors (Lipinski definition) is 1. The average Bonchev–Trinajstić information content (AvgIpc) is 2.78. The van der Waals surface area contributed by atoms with Crippen molar-refractivity contribution in [2.24, 2.45) is 0 Å². The lowest BCUT2D eigenvalue weighted by molar-refractivity contribution is -0.0264. The molecule has 0 aliphatic carbocycles. The lowest BCUT2D eigenvalue weighted by atomic mass is 10.2. The molecular formula is C11H16N4O3. The molecule has 1 N–H and O–H groups in total. The third-order valence-corrected chi connectivity index (χ3v) is 2.78. The fourth-order valence-electron chi connectivity index (χ4n) is 1.79. The lowest BCUT2D eigenvalue weighted by Crippen LogP contribution is -2.35. The number of nitriles is 1. The van der Waals surface area contributed by atoms with E-state index in [1.807, 2.05) is 13.1 Å². The minimum atomic E-state index is -0.766. The molecule has 0 spiro atoms. The van der Waals surface area contributed by atoms with Gasteiger partial charge in [-0.1, -0.05) is 5.16 Å². The van der Waals surface area contributed by atoms with E-state index in [1.165, 1.54) is 0 Å². The highest BCUT2D eigenvalue weighted by Crippen LogP contribution is 2.19. The molecule has 1 aromatic heterocycles. The highest BCUT2D eigenvalue weighted by molar-refractivity contribution is 4.95. The predicted octanol–water partition coefficient (Wildman–Crippen LogP) is -0.110. The minimum absolute atomic E-state index is 0.0559. The Bertz CT molecular complexity index is 428. The first kappa shape index (κ1) is 13.0. The summed E-state index contributed by atoms with van der Waals surface area (Å²) in [6.45, 7) is 2.25. The van der Waals surface area contributed by atoms with Gasteiger partial charge < -0.3 is 19.3 Å². The van der Waals surface area contributed by atoms with Crippen molar-refractivity contribution in [2.45, 2.75) is 25.0 Å². The van der Waals surface area contributed by atoms with Gasteiger partial charge in [0.1, 0.15) is 6.10 Å². The molecule has 1 aromatic rings. The smallest absolute Gasteiger partial charge is 0.229 e. The van der Waals surface area contributed by atoms with Crippen LogP contribution in [-0.2, 0) is 11.2 Å². The first-order valence-electron chi connectivity index (χ1n) is 5.86. The Morgan fingerprint density at radius 3 is 3.22 bits per heavy atom. The summed E-state index contributed by atoms with van der Waals surface area (Å²) >= 11 is 0. The van der Waals surface area contributed by atoms with E-state index in [4.69, 9.17) is 14.5 Å². The molecule has 18 heavy (non-hydrogen) atoms. The van der Waals surface area contributed by atoms with Gasteiger partial charge in [0.2, 0.25) is 11.7 Å². The number of nitrogens with zero attached hydrogens (tertiary/aromatic N) is 4. The number of ether oxygens (including phenoxy) is 1. The molecule has 0 aromatic carbocycles. The van der Waals surface area contributed by atoms with Crippen LogP contribution in [0, 0.1) is 11.3 Å². The maximum Gasteiger partial charge on any atom is 0.229 e. The van der Waals surface area contributed by atoms with Crippen LogP contribution in [0.25, 0.3) is 0 Å². The SMILES string of the molecule is CN1CCOC(c2noc(CC(O)CC#N)n2)C1. The summed E-state index contributed by atoms with van der Waals surface area (Å²) in [6, 6.07) is 1.89. The number of aliphatic hydroxyl groups is 1. The molecule has 0 bridgehead atoms. The van der Waals surface area contributed by atoms with Crippen molar-refractivity contribution in [3.05, 3.63) is 11.7 Å². The van der Waals surface area contributed by atoms with E-state index in [0.29, 0.717) is 18.3 Å². The molecule has 2 rings (SSSR count). The third-order valence-electron chi connectivity index (χ3n) is 2.78. The van der Waals surface area contributed by atoms with Gasteiger partial charge in [-0.2, -0.15) is 10.2 Å². The van der Waals surface area contributed by atoms with Crippen molar-refractivity contribution < 1.29 is 14.4 Å². The third kappa shape index (κ3) is 3.26. The van der Waals surface area contributed by atoms with E-state index >= 15 is 0 Å². The molecular weight excluding hydrogens is 236 g/mol. The maximum absolute atomic E-state index is 9.47. The van der Waals surface area contributed by atoms with Gasteiger partial charge in [-0.3, -0.25) is 0 Å². The van der Waals surface area contributed by atoms with Gasteiger partial charge in [-0.05, 0) is 7.05 Å². The summed E-state index contributed by atoms with van der Waals surface area (Å²) in [5.41, 5.74) is 0. The summed E-state index contributed by atoms with van der Waals surface area (Å²) in [6.07, 6.45) is -0.698. The molecule has 0 amide bonds. The standard InChI is InChI=1S/C11H16N4O3/c1-15-4-5-17-9(7-15)11-13-10(18-14-11)6-8(16)2-3-12/h8-9,16H,2,4-7H2,1H3. The van der Waals surface area contributed by atoms with Crippen LogP contribution in [0.15, 0.2) is 4.52 Å². The van der Waals surface area contributed by atoms with Gasteiger partial charge in [-0.15, -0.1) is 0 Å². The normalized spacial score (nSPS) is 22.6. The molecule has 2 unspecified atom stereocenters. The Morgan fingerprint density at radius 1 is 1.67 bits per heavy atom. The summed E-state index contributed by atoms with van der Waals surface area (Å²) < 4.78 is 10.6.